The Labute approximate surface area is 409 Å². The molecule has 18 heteroatoms. The first-order valence-electron chi connectivity index (χ1n) is 22.3. The van der Waals surface area contributed by atoms with Crippen LogP contribution >= 0.6 is 31.9 Å². The first-order chi connectivity index (χ1) is 32.2. The fourth-order valence-electron chi connectivity index (χ4n) is 10.4. The summed E-state index contributed by atoms with van der Waals surface area (Å²) in [7, 11) is 5.00. The summed E-state index contributed by atoms with van der Waals surface area (Å²) in [5, 5.41) is 16.1. The molecule has 3 fully saturated rings. The highest BCUT2D eigenvalue weighted by Gasteiger charge is 2.54. The van der Waals surface area contributed by atoms with E-state index in [1.54, 1.807) is 38.2 Å². The molecule has 354 valence electrons. The van der Waals surface area contributed by atoms with Crippen molar-refractivity contribution in [3.05, 3.63) is 132 Å². The zero-order valence-electron chi connectivity index (χ0n) is 37.8. The van der Waals surface area contributed by atoms with E-state index in [-0.39, 0.29) is 41.4 Å². The number of fused-ring (bicyclic) bond motifs is 4. The molecule has 4 aromatic carbocycles. The minimum absolute atomic E-state index is 0.163. The number of rotatable bonds is 1. The maximum atomic E-state index is 12.1. The standard InChI is InChI=1S/C14H14N2O4.C13H13BrN2O2.C13H15N3O2.C10H9BrO/c1-16-13(20)15-12(19)14(16)5-4-8-6-9(11(17)18)2-3-10(8)7-14;2*1-16-12(18)15-11(17)13(16)5-4-8-6-10(14)3-2-9(8)7-13;11-9-3-1-8-6-10(12)4-2-7(8)5-9/h2-3,6H,4-5,7H2,1H3,(H,17,18)(H,15,19,20);2-3,6H,4-5,7H2,1H3,(H,15,17,18);2-3,6H,4-5,7,14H2,1H3,(H,15,17,18);1,3,5H,2,4,6H2. The SMILES string of the molecule is CN1C(=O)NC(=O)C12CCc1cc(Br)ccc1C2.CN1C(=O)NC(=O)C12CCc1cc(C(=O)O)ccc1C2.CN1C(=O)NC(=O)C12CCc1cc(N)ccc1C2.O=C1CCc2cc(Br)ccc2C1. The van der Waals surface area contributed by atoms with Crippen LogP contribution in [0.5, 0.6) is 0 Å². The number of hydrogen-bond acceptors (Lipinski definition) is 9. The third-order valence-corrected chi connectivity index (χ3v) is 15.7. The quantitative estimate of drug-likeness (QED) is 0.113. The van der Waals surface area contributed by atoms with Gasteiger partial charge in [0, 0.05) is 67.9 Å². The van der Waals surface area contributed by atoms with Crippen LogP contribution in [0.2, 0.25) is 0 Å². The van der Waals surface area contributed by atoms with Gasteiger partial charge in [-0.2, -0.15) is 0 Å². The molecule has 3 atom stereocenters. The van der Waals surface area contributed by atoms with Gasteiger partial charge in [-0.3, -0.25) is 35.1 Å². The van der Waals surface area contributed by atoms with E-state index in [0.717, 1.165) is 56.1 Å². The van der Waals surface area contributed by atoms with Crippen molar-refractivity contribution in [3.8, 4) is 0 Å². The Balaban J connectivity index is 0.000000124. The maximum Gasteiger partial charge on any atom is 0.335 e. The Morgan fingerprint density at radius 3 is 1.32 bits per heavy atom. The number of nitrogens with zero attached hydrogens (tertiary/aromatic N) is 3. The van der Waals surface area contributed by atoms with Crippen LogP contribution in [0.15, 0.2) is 81.7 Å². The van der Waals surface area contributed by atoms with Crippen molar-refractivity contribution >= 4 is 85.1 Å². The number of carbonyl (C=O) groups is 8. The summed E-state index contributed by atoms with van der Waals surface area (Å²) in [6.07, 6.45) is 7.86. The molecule has 68 heavy (non-hydrogen) atoms. The van der Waals surface area contributed by atoms with Crippen LogP contribution in [-0.2, 0) is 70.5 Å². The van der Waals surface area contributed by atoms with E-state index in [9.17, 15) is 38.4 Å². The van der Waals surface area contributed by atoms with Gasteiger partial charge < -0.3 is 25.5 Å². The van der Waals surface area contributed by atoms with Gasteiger partial charge in [-0.1, -0.05) is 56.1 Å². The monoisotopic (exact) mass is 1050 g/mol. The van der Waals surface area contributed by atoms with Crippen LogP contribution in [0.25, 0.3) is 0 Å². The molecule has 3 aliphatic heterocycles. The van der Waals surface area contributed by atoms with E-state index in [1.165, 1.54) is 38.1 Å². The lowest BCUT2D eigenvalue weighted by molar-refractivity contribution is -0.127. The number of likely N-dealkylation sites (N-methyl/N-ethyl adjacent to an activating group) is 3. The highest BCUT2D eigenvalue weighted by Crippen LogP contribution is 2.39. The second kappa shape index (κ2) is 18.6. The number of imide groups is 3. The molecule has 3 unspecified atom stereocenters. The lowest BCUT2D eigenvalue weighted by Gasteiger charge is -2.37. The van der Waals surface area contributed by atoms with E-state index in [0.29, 0.717) is 63.6 Å². The number of anilines is 1. The molecule has 16 nitrogen and oxygen atoms in total. The molecule has 0 saturated carbocycles. The van der Waals surface area contributed by atoms with E-state index >= 15 is 0 Å². The minimum atomic E-state index is -0.959. The van der Waals surface area contributed by atoms with E-state index < -0.39 is 22.6 Å². The molecule has 7 aliphatic rings. The van der Waals surface area contributed by atoms with Gasteiger partial charge in [0.25, 0.3) is 17.7 Å². The number of carbonyl (C=O) groups excluding carboxylic acids is 7. The summed E-state index contributed by atoms with van der Waals surface area (Å²) in [5.41, 5.74) is 13.6. The first-order valence-corrected chi connectivity index (χ1v) is 23.9. The van der Waals surface area contributed by atoms with Gasteiger partial charge in [0.05, 0.1) is 5.56 Å². The molecule has 6 N–H and O–H groups in total. The number of aryl methyl sites for hydroxylation is 4. The van der Waals surface area contributed by atoms with Crippen LogP contribution in [0.1, 0.15) is 80.5 Å². The molecule has 9 amide bonds. The van der Waals surface area contributed by atoms with Crippen molar-refractivity contribution in [3.63, 3.8) is 0 Å². The molecular weight excluding hydrogens is 1000 g/mol. The van der Waals surface area contributed by atoms with Gasteiger partial charge in [-0.05, 0) is 138 Å². The molecule has 0 bridgehead atoms. The maximum absolute atomic E-state index is 12.1. The Morgan fingerprint density at radius 2 is 0.897 bits per heavy atom. The lowest BCUT2D eigenvalue weighted by atomic mass is 9.77. The van der Waals surface area contributed by atoms with Crippen molar-refractivity contribution in [2.45, 2.75) is 93.7 Å². The number of Topliss-reactive ketones (excluding diaryl/α,β-unsaturated/α-hetero) is 1. The topological polar surface area (TPSA) is 229 Å². The molecule has 4 aromatic rings. The van der Waals surface area contributed by atoms with Crippen molar-refractivity contribution < 1.29 is 43.5 Å². The van der Waals surface area contributed by atoms with E-state index in [4.69, 9.17) is 10.8 Å². The van der Waals surface area contributed by atoms with Crippen LogP contribution in [0.4, 0.5) is 20.1 Å². The van der Waals surface area contributed by atoms with E-state index in [2.05, 4.69) is 59.9 Å². The minimum Gasteiger partial charge on any atom is -0.478 e. The predicted octanol–water partition coefficient (Wildman–Crippen LogP) is 5.84. The molecule has 11 rings (SSSR count). The van der Waals surface area contributed by atoms with Crippen molar-refractivity contribution in [2.24, 2.45) is 0 Å². The van der Waals surface area contributed by atoms with Gasteiger partial charge >= 0.3 is 24.1 Å². The Bertz CT molecular complexity index is 2740. The van der Waals surface area contributed by atoms with Crippen LogP contribution in [0.3, 0.4) is 0 Å². The number of carboxylic acid groups (broad SMARTS) is 1. The van der Waals surface area contributed by atoms with Crippen LogP contribution in [-0.4, -0.2) is 105 Å². The predicted molar refractivity (Wildman–Crippen MR) is 258 cm³/mol. The average Bonchev–Trinajstić information content (AvgIpc) is 3.74. The number of benzene rings is 4. The number of hydrogen-bond donors (Lipinski definition) is 5. The number of ketones is 1. The number of carboxylic acids is 1. The third kappa shape index (κ3) is 8.91. The number of nitrogen functional groups attached to an aromatic ring is 1. The van der Waals surface area contributed by atoms with Gasteiger partial charge in [0.2, 0.25) is 0 Å². The van der Waals surface area contributed by atoms with Crippen molar-refractivity contribution in [1.82, 2.24) is 30.7 Å². The number of amides is 9. The summed E-state index contributed by atoms with van der Waals surface area (Å²) in [5.74, 6) is -1.21. The highest BCUT2D eigenvalue weighted by atomic mass is 79.9. The molecule has 3 saturated heterocycles. The fraction of sp³-hybridized carbons (Fsp3) is 0.360. The Kier molecular flexibility index (Phi) is 13.1. The molecule has 0 aromatic heterocycles. The molecule has 3 heterocycles. The lowest BCUT2D eigenvalue weighted by Crippen LogP contribution is -2.51. The summed E-state index contributed by atoms with van der Waals surface area (Å²) in [6.45, 7) is 0. The number of aromatic carboxylic acids is 1. The van der Waals surface area contributed by atoms with Crippen molar-refractivity contribution in [2.75, 3.05) is 26.9 Å². The highest BCUT2D eigenvalue weighted by molar-refractivity contribution is 9.10. The summed E-state index contributed by atoms with van der Waals surface area (Å²) < 4.78 is 2.16. The third-order valence-electron chi connectivity index (χ3n) is 14.7. The Hall–Kier alpha value is -6.40. The summed E-state index contributed by atoms with van der Waals surface area (Å²) in [4.78, 5) is 97.7. The number of nitrogens with one attached hydrogen (secondary N) is 3. The molecule has 4 aliphatic carbocycles. The van der Waals surface area contributed by atoms with Crippen molar-refractivity contribution in [1.29, 1.82) is 0 Å². The summed E-state index contributed by atoms with van der Waals surface area (Å²) in [6, 6.07) is 22.0. The zero-order valence-corrected chi connectivity index (χ0v) is 41.0. The van der Waals surface area contributed by atoms with Crippen LogP contribution < -0.4 is 21.7 Å². The second-order valence-electron chi connectivity index (χ2n) is 18.4. The average molecular weight is 1050 g/mol. The molecule has 0 radical (unpaired) electrons. The first kappa shape index (κ1) is 48.1. The van der Waals surface area contributed by atoms with Gasteiger partial charge in [-0.15, -0.1) is 0 Å². The number of halogens is 2. The fourth-order valence-corrected chi connectivity index (χ4v) is 11.2. The van der Waals surface area contributed by atoms with Gasteiger partial charge in [0.1, 0.15) is 22.4 Å². The van der Waals surface area contributed by atoms with Gasteiger partial charge in [-0.25, -0.2) is 19.2 Å². The molecule has 3 spiro atoms. The zero-order chi connectivity index (χ0) is 48.9. The molecular formula is C50H51Br2N7O9. The van der Waals surface area contributed by atoms with E-state index in [1.807, 2.05) is 42.5 Å². The summed E-state index contributed by atoms with van der Waals surface area (Å²) >= 11 is 6.88. The Morgan fingerprint density at radius 1 is 0.515 bits per heavy atom. The second-order valence-corrected chi connectivity index (χ2v) is 20.3. The number of nitrogens with two attached hydrogens (primary N) is 1. The van der Waals surface area contributed by atoms with Gasteiger partial charge in [0.15, 0.2) is 0 Å². The van der Waals surface area contributed by atoms with Crippen LogP contribution in [0, 0.1) is 0 Å². The smallest absolute Gasteiger partial charge is 0.335 e. The normalized spacial score (nSPS) is 24.1. The number of urea groups is 3. The largest absolute Gasteiger partial charge is 0.478 e.